The van der Waals surface area contributed by atoms with Crippen molar-refractivity contribution in [3.8, 4) is 0 Å². The normalized spacial score (nSPS) is 16.8. The first kappa shape index (κ1) is 20.0. The van der Waals surface area contributed by atoms with E-state index in [-0.39, 0.29) is 30.3 Å². The summed E-state index contributed by atoms with van der Waals surface area (Å²) in [5.41, 5.74) is -0.154. The van der Waals surface area contributed by atoms with Gasteiger partial charge in [0.2, 0.25) is 0 Å². The highest BCUT2D eigenvalue weighted by atomic mass is 16.6. The fourth-order valence-corrected chi connectivity index (χ4v) is 3.08. The number of piperidine rings is 1. The molecule has 2 N–H and O–H groups in total. The van der Waals surface area contributed by atoms with Crippen LogP contribution in [-0.2, 0) is 4.74 Å². The highest BCUT2D eigenvalue weighted by Gasteiger charge is 2.31. The molecule has 8 heteroatoms. The number of benzene rings is 1. The molecule has 1 aromatic carbocycles. The number of nitrogens with one attached hydrogen (secondary N) is 1. The van der Waals surface area contributed by atoms with Crippen LogP contribution in [0.1, 0.15) is 33.6 Å². The third-order valence-corrected chi connectivity index (χ3v) is 4.40. The Bertz CT molecular complexity index is 636. The van der Waals surface area contributed by atoms with Crippen LogP contribution in [0, 0.1) is 16.0 Å². The molecule has 2 rings (SSSR count). The van der Waals surface area contributed by atoms with Crippen molar-refractivity contribution in [1.82, 2.24) is 4.90 Å². The largest absolute Gasteiger partial charge is 0.444 e. The molecule has 0 aromatic heterocycles. The summed E-state index contributed by atoms with van der Waals surface area (Å²) in [5.74, 6) is 0.110. The van der Waals surface area contributed by atoms with E-state index in [1.807, 2.05) is 20.8 Å². The minimum Gasteiger partial charge on any atom is -0.444 e. The number of likely N-dealkylation sites (tertiary alicyclic amines) is 1. The predicted molar refractivity (Wildman–Crippen MR) is 98.1 cm³/mol. The van der Waals surface area contributed by atoms with Gasteiger partial charge in [-0.3, -0.25) is 10.1 Å². The quantitative estimate of drug-likeness (QED) is 0.614. The third-order valence-electron chi connectivity index (χ3n) is 4.40. The van der Waals surface area contributed by atoms with E-state index >= 15 is 0 Å². The molecule has 0 spiro atoms. The number of rotatable bonds is 5. The van der Waals surface area contributed by atoms with Gasteiger partial charge in [-0.15, -0.1) is 0 Å². The monoisotopic (exact) mass is 365 g/mol. The number of anilines is 1. The fraction of sp³-hybridized carbons (Fsp3) is 0.611. The van der Waals surface area contributed by atoms with Crippen LogP contribution in [-0.4, -0.2) is 52.4 Å². The van der Waals surface area contributed by atoms with Crippen molar-refractivity contribution < 1.29 is 19.6 Å². The van der Waals surface area contributed by atoms with Crippen LogP contribution in [0.2, 0.25) is 0 Å². The standard InChI is InChI=1S/C18H27N3O5/c1-18(2,3)26-17(23)20-10-8-13(9-11-20)15(12-22)19-14-6-4-5-7-16(14)21(24)25/h4-7,13,15,19,22H,8-12H2,1-3H3/t15-/m1/s1. The second-order valence-electron chi connectivity index (χ2n) is 7.51. The molecular weight excluding hydrogens is 338 g/mol. The molecule has 8 nitrogen and oxygen atoms in total. The number of ether oxygens (including phenoxy) is 1. The number of carbonyl (C=O) groups is 1. The van der Waals surface area contributed by atoms with Crippen LogP contribution in [0.25, 0.3) is 0 Å². The average Bonchev–Trinajstić information content (AvgIpc) is 2.58. The molecule has 144 valence electrons. The minimum atomic E-state index is -0.532. The van der Waals surface area contributed by atoms with Gasteiger partial charge in [0.25, 0.3) is 5.69 Å². The fourth-order valence-electron chi connectivity index (χ4n) is 3.08. The zero-order chi connectivity index (χ0) is 19.3. The van der Waals surface area contributed by atoms with Crippen molar-refractivity contribution in [3.63, 3.8) is 0 Å². The lowest BCUT2D eigenvalue weighted by Gasteiger charge is -2.36. The Balaban J connectivity index is 1.97. The minimum absolute atomic E-state index is 0.0165. The number of amides is 1. The Hall–Kier alpha value is -2.35. The lowest BCUT2D eigenvalue weighted by atomic mass is 9.89. The molecular formula is C18H27N3O5. The maximum atomic E-state index is 12.1. The Morgan fingerprint density at radius 3 is 2.54 bits per heavy atom. The number of para-hydroxylation sites is 2. The van der Waals surface area contributed by atoms with Gasteiger partial charge in [-0.05, 0) is 45.6 Å². The number of carbonyl (C=O) groups excluding carboxylic acids is 1. The van der Waals surface area contributed by atoms with Crippen molar-refractivity contribution in [1.29, 1.82) is 0 Å². The molecule has 0 bridgehead atoms. The van der Waals surface area contributed by atoms with Gasteiger partial charge >= 0.3 is 6.09 Å². The lowest BCUT2D eigenvalue weighted by Crippen LogP contribution is -2.45. The van der Waals surface area contributed by atoms with E-state index in [0.29, 0.717) is 31.6 Å². The molecule has 1 saturated heterocycles. The number of nitro groups is 1. The molecule has 0 aliphatic carbocycles. The average molecular weight is 365 g/mol. The molecule has 1 aliphatic rings. The van der Waals surface area contributed by atoms with Crippen molar-refractivity contribution in [2.24, 2.45) is 5.92 Å². The van der Waals surface area contributed by atoms with E-state index in [2.05, 4.69) is 5.32 Å². The summed E-state index contributed by atoms with van der Waals surface area (Å²) >= 11 is 0. The Labute approximate surface area is 153 Å². The number of aliphatic hydroxyl groups is 1. The second kappa shape index (κ2) is 8.35. The molecule has 1 aromatic rings. The Morgan fingerprint density at radius 2 is 2.00 bits per heavy atom. The summed E-state index contributed by atoms with van der Waals surface area (Å²) in [7, 11) is 0. The topological polar surface area (TPSA) is 105 Å². The van der Waals surface area contributed by atoms with Gasteiger partial charge in [0.05, 0.1) is 17.6 Å². The van der Waals surface area contributed by atoms with Gasteiger partial charge < -0.3 is 20.1 Å². The van der Waals surface area contributed by atoms with Gasteiger partial charge in [0, 0.05) is 19.2 Å². The van der Waals surface area contributed by atoms with E-state index in [0.717, 1.165) is 0 Å². The summed E-state index contributed by atoms with van der Waals surface area (Å²) in [4.78, 5) is 24.5. The molecule has 1 fully saturated rings. The first-order chi connectivity index (χ1) is 12.2. The summed E-state index contributed by atoms with van der Waals surface area (Å²) in [6.07, 6.45) is 1.05. The molecule has 26 heavy (non-hydrogen) atoms. The Kier molecular flexibility index (Phi) is 6.42. The maximum absolute atomic E-state index is 12.1. The van der Waals surface area contributed by atoms with Gasteiger partial charge in [0.15, 0.2) is 0 Å². The van der Waals surface area contributed by atoms with Crippen LogP contribution >= 0.6 is 0 Å². The first-order valence-electron chi connectivity index (χ1n) is 8.80. The summed E-state index contributed by atoms with van der Waals surface area (Å²) in [6.45, 7) is 6.43. The third kappa shape index (κ3) is 5.32. The van der Waals surface area contributed by atoms with Crippen LogP contribution in [0.3, 0.4) is 0 Å². The van der Waals surface area contributed by atoms with Crippen molar-refractivity contribution in [2.75, 3.05) is 25.0 Å². The van der Waals surface area contributed by atoms with Crippen LogP contribution in [0.4, 0.5) is 16.2 Å². The van der Waals surface area contributed by atoms with E-state index < -0.39 is 10.5 Å². The molecule has 0 radical (unpaired) electrons. The van der Waals surface area contributed by atoms with Gasteiger partial charge in [0.1, 0.15) is 11.3 Å². The van der Waals surface area contributed by atoms with Gasteiger partial charge in [-0.1, -0.05) is 12.1 Å². The molecule has 1 heterocycles. The maximum Gasteiger partial charge on any atom is 0.410 e. The second-order valence-corrected chi connectivity index (χ2v) is 7.51. The van der Waals surface area contributed by atoms with E-state index in [4.69, 9.17) is 4.74 Å². The lowest BCUT2D eigenvalue weighted by molar-refractivity contribution is -0.384. The van der Waals surface area contributed by atoms with Gasteiger partial charge in [-0.2, -0.15) is 0 Å². The molecule has 1 amide bonds. The van der Waals surface area contributed by atoms with Gasteiger partial charge in [-0.25, -0.2) is 4.79 Å². The zero-order valence-electron chi connectivity index (χ0n) is 15.5. The predicted octanol–water partition coefficient (Wildman–Crippen LogP) is 3.01. The van der Waals surface area contributed by atoms with E-state index in [9.17, 15) is 20.0 Å². The number of nitrogens with zero attached hydrogens (tertiary/aromatic N) is 2. The smallest absolute Gasteiger partial charge is 0.410 e. The highest BCUT2D eigenvalue weighted by Crippen LogP contribution is 2.28. The number of hydrogen-bond acceptors (Lipinski definition) is 6. The zero-order valence-corrected chi connectivity index (χ0v) is 15.5. The SMILES string of the molecule is CC(C)(C)OC(=O)N1CCC([C@@H](CO)Nc2ccccc2[N+](=O)[O-])CC1. The van der Waals surface area contributed by atoms with Crippen LogP contribution in [0.5, 0.6) is 0 Å². The number of aliphatic hydroxyl groups excluding tert-OH is 1. The first-order valence-corrected chi connectivity index (χ1v) is 8.80. The van der Waals surface area contributed by atoms with Crippen LogP contribution < -0.4 is 5.32 Å². The van der Waals surface area contributed by atoms with Crippen molar-refractivity contribution in [2.45, 2.75) is 45.3 Å². The van der Waals surface area contributed by atoms with Crippen LogP contribution in [0.15, 0.2) is 24.3 Å². The van der Waals surface area contributed by atoms with Crippen molar-refractivity contribution in [3.05, 3.63) is 34.4 Å². The number of nitro benzene ring substituents is 1. The van der Waals surface area contributed by atoms with E-state index in [1.54, 1.807) is 23.1 Å². The Morgan fingerprint density at radius 1 is 1.38 bits per heavy atom. The van der Waals surface area contributed by atoms with Crippen molar-refractivity contribution >= 4 is 17.5 Å². The molecule has 1 atom stereocenters. The van der Waals surface area contributed by atoms with E-state index in [1.165, 1.54) is 6.07 Å². The highest BCUT2D eigenvalue weighted by molar-refractivity contribution is 5.68. The summed E-state index contributed by atoms with van der Waals surface area (Å²) in [6, 6.07) is 6.08. The molecule has 0 unspecified atom stereocenters. The summed E-state index contributed by atoms with van der Waals surface area (Å²) < 4.78 is 5.38. The molecule has 1 aliphatic heterocycles. The molecule has 0 saturated carbocycles. The number of hydrogen-bond donors (Lipinski definition) is 2. The summed E-state index contributed by atoms with van der Waals surface area (Å²) in [5, 5.41) is 24.0.